The Morgan fingerprint density at radius 3 is 2.56 bits per heavy atom. The van der Waals surface area contributed by atoms with E-state index in [1.165, 1.54) is 11.7 Å². The van der Waals surface area contributed by atoms with Gasteiger partial charge in [-0.25, -0.2) is 15.0 Å². The molecule has 0 saturated carbocycles. The zero-order chi connectivity index (χ0) is 22.7. The number of hydrogen-bond acceptors (Lipinski definition) is 9. The Bertz CT molecular complexity index is 1390. The maximum Gasteiger partial charge on any atom is 0.263 e. The van der Waals surface area contributed by atoms with E-state index in [4.69, 9.17) is 20.5 Å². The second kappa shape index (κ2) is 8.61. The Labute approximate surface area is 182 Å². The molecule has 32 heavy (non-hydrogen) atoms. The molecule has 4 rings (SSSR count). The van der Waals surface area contributed by atoms with Crippen LogP contribution in [0.1, 0.15) is 0 Å². The van der Waals surface area contributed by atoms with Crippen molar-refractivity contribution < 1.29 is 9.47 Å². The molecule has 160 valence electrons. The summed E-state index contributed by atoms with van der Waals surface area (Å²) >= 11 is 0. The van der Waals surface area contributed by atoms with Crippen molar-refractivity contribution in [3.05, 3.63) is 59.3 Å². The predicted octanol–water partition coefficient (Wildman–Crippen LogP) is 2.72. The Morgan fingerprint density at radius 1 is 1.12 bits per heavy atom. The molecular weight excluding hydrogens is 410 g/mol. The fourth-order valence-corrected chi connectivity index (χ4v) is 3.26. The maximum atomic E-state index is 13.1. The van der Waals surface area contributed by atoms with Crippen LogP contribution in [0.4, 0.5) is 17.5 Å². The Kier molecular flexibility index (Phi) is 5.55. The van der Waals surface area contributed by atoms with Crippen molar-refractivity contribution in [2.45, 2.75) is 6.54 Å². The summed E-state index contributed by atoms with van der Waals surface area (Å²) in [6.07, 6.45) is 4.71. The molecule has 0 fully saturated rings. The average molecular weight is 429 g/mol. The van der Waals surface area contributed by atoms with Crippen LogP contribution < -0.4 is 26.1 Å². The number of nitriles is 1. The lowest BCUT2D eigenvalue weighted by Crippen LogP contribution is -2.20. The fourth-order valence-electron chi connectivity index (χ4n) is 3.26. The Balaban J connectivity index is 1.91. The highest BCUT2D eigenvalue weighted by molar-refractivity contribution is 5.95. The van der Waals surface area contributed by atoms with Gasteiger partial charge < -0.3 is 25.1 Å². The summed E-state index contributed by atoms with van der Waals surface area (Å²) in [7, 11) is 3.09. The molecule has 3 heterocycles. The standard InChI is InChI=1S/C22H19N7O3/c1-31-17-4-3-15(10-18(17)32-2)27-20-19-13(5-7-29(8-6-23)21(19)30)9-16(28-20)14-11-25-22(24)26-12-14/h3-5,7,9-12H,8H2,1-2H3,(H,27,28)(H2,24,25,26). The number of fused-ring (bicyclic) bond motifs is 1. The second-order valence-electron chi connectivity index (χ2n) is 6.75. The summed E-state index contributed by atoms with van der Waals surface area (Å²) in [6, 6.07) is 10.8. The van der Waals surface area contributed by atoms with Gasteiger partial charge >= 0.3 is 0 Å². The third-order valence-corrected chi connectivity index (χ3v) is 4.81. The normalized spacial score (nSPS) is 10.5. The summed E-state index contributed by atoms with van der Waals surface area (Å²) in [5.41, 5.74) is 7.09. The maximum absolute atomic E-state index is 13.1. The number of nitrogens with two attached hydrogens (primary N) is 1. The molecule has 0 atom stereocenters. The minimum atomic E-state index is -0.334. The first-order valence-electron chi connectivity index (χ1n) is 9.52. The predicted molar refractivity (Wildman–Crippen MR) is 120 cm³/mol. The van der Waals surface area contributed by atoms with E-state index in [-0.39, 0.29) is 18.1 Å². The number of aromatic nitrogens is 4. The number of hydrogen-bond donors (Lipinski definition) is 2. The van der Waals surface area contributed by atoms with Gasteiger partial charge in [-0.3, -0.25) is 4.79 Å². The molecule has 0 aliphatic carbocycles. The molecule has 0 unspecified atom stereocenters. The third-order valence-electron chi connectivity index (χ3n) is 4.81. The van der Waals surface area contributed by atoms with Gasteiger partial charge in [-0.1, -0.05) is 0 Å². The lowest BCUT2D eigenvalue weighted by Gasteiger charge is -2.14. The fraction of sp³-hybridized carbons (Fsp3) is 0.136. The SMILES string of the molecule is COc1ccc(Nc2nc(-c3cnc(N)nc3)cc3ccn(CC#N)c(=O)c23)cc1OC. The first-order chi connectivity index (χ1) is 15.5. The molecule has 10 nitrogen and oxygen atoms in total. The number of nitrogens with zero attached hydrogens (tertiary/aromatic N) is 5. The van der Waals surface area contributed by atoms with Crippen LogP contribution in [0, 0.1) is 11.3 Å². The van der Waals surface area contributed by atoms with E-state index in [0.717, 1.165) is 0 Å². The van der Waals surface area contributed by atoms with Gasteiger partial charge in [-0.05, 0) is 29.7 Å². The van der Waals surface area contributed by atoms with E-state index in [9.17, 15) is 4.79 Å². The van der Waals surface area contributed by atoms with Crippen molar-refractivity contribution in [3.8, 4) is 28.8 Å². The molecule has 3 aromatic heterocycles. The van der Waals surface area contributed by atoms with E-state index in [2.05, 4.69) is 20.3 Å². The quantitative estimate of drug-likeness (QED) is 0.473. The lowest BCUT2D eigenvalue weighted by atomic mass is 10.1. The van der Waals surface area contributed by atoms with Gasteiger partial charge in [-0.15, -0.1) is 0 Å². The highest BCUT2D eigenvalue weighted by atomic mass is 16.5. The summed E-state index contributed by atoms with van der Waals surface area (Å²) in [6.45, 7) is -0.0713. The van der Waals surface area contributed by atoms with E-state index < -0.39 is 0 Å². The number of benzene rings is 1. The van der Waals surface area contributed by atoms with Gasteiger partial charge in [-0.2, -0.15) is 5.26 Å². The number of nitrogens with one attached hydrogen (secondary N) is 1. The van der Waals surface area contributed by atoms with Crippen molar-refractivity contribution in [2.24, 2.45) is 0 Å². The highest BCUT2D eigenvalue weighted by Gasteiger charge is 2.15. The number of ether oxygens (including phenoxy) is 2. The summed E-state index contributed by atoms with van der Waals surface area (Å²) in [4.78, 5) is 25.8. The largest absolute Gasteiger partial charge is 0.493 e. The Hall–Kier alpha value is -4.65. The molecule has 0 aliphatic rings. The van der Waals surface area contributed by atoms with E-state index in [1.807, 2.05) is 6.07 Å². The number of rotatable bonds is 6. The number of methoxy groups -OCH3 is 2. The lowest BCUT2D eigenvalue weighted by molar-refractivity contribution is 0.355. The van der Waals surface area contributed by atoms with Crippen molar-refractivity contribution in [1.82, 2.24) is 19.5 Å². The summed E-state index contributed by atoms with van der Waals surface area (Å²) < 4.78 is 12.0. The van der Waals surface area contributed by atoms with Crippen LogP contribution in [0.5, 0.6) is 11.5 Å². The molecule has 0 spiro atoms. The minimum absolute atomic E-state index is 0.0713. The molecule has 0 amide bonds. The van der Waals surface area contributed by atoms with Crippen molar-refractivity contribution in [2.75, 3.05) is 25.3 Å². The minimum Gasteiger partial charge on any atom is -0.493 e. The number of nitrogen functional groups attached to an aromatic ring is 1. The van der Waals surface area contributed by atoms with Crippen molar-refractivity contribution in [1.29, 1.82) is 5.26 Å². The molecule has 0 bridgehead atoms. The average Bonchev–Trinajstić information content (AvgIpc) is 2.81. The zero-order valence-electron chi connectivity index (χ0n) is 17.4. The van der Waals surface area contributed by atoms with Crippen LogP contribution in [0.3, 0.4) is 0 Å². The van der Waals surface area contributed by atoms with E-state index >= 15 is 0 Å². The van der Waals surface area contributed by atoms with Crippen LogP contribution in [-0.2, 0) is 6.54 Å². The number of anilines is 3. The van der Waals surface area contributed by atoms with Crippen LogP contribution in [0.15, 0.2) is 53.7 Å². The van der Waals surface area contributed by atoms with Crippen molar-refractivity contribution in [3.63, 3.8) is 0 Å². The van der Waals surface area contributed by atoms with E-state index in [1.54, 1.807) is 56.0 Å². The van der Waals surface area contributed by atoms with Crippen molar-refractivity contribution >= 4 is 28.2 Å². The topological polar surface area (TPSA) is 141 Å². The molecule has 0 aliphatic heterocycles. The molecule has 0 saturated heterocycles. The van der Waals surface area contributed by atoms with Gasteiger partial charge in [0.15, 0.2) is 11.5 Å². The third kappa shape index (κ3) is 3.87. The van der Waals surface area contributed by atoms with Crippen LogP contribution in [0.2, 0.25) is 0 Å². The number of pyridine rings is 2. The zero-order valence-corrected chi connectivity index (χ0v) is 17.4. The smallest absolute Gasteiger partial charge is 0.263 e. The van der Waals surface area contributed by atoms with Crippen LogP contribution in [-0.4, -0.2) is 33.7 Å². The van der Waals surface area contributed by atoms with Crippen LogP contribution in [0.25, 0.3) is 22.0 Å². The van der Waals surface area contributed by atoms with Crippen LogP contribution >= 0.6 is 0 Å². The monoisotopic (exact) mass is 429 g/mol. The second-order valence-corrected chi connectivity index (χ2v) is 6.75. The van der Waals surface area contributed by atoms with Gasteiger partial charge in [0.2, 0.25) is 5.95 Å². The van der Waals surface area contributed by atoms with E-state index in [0.29, 0.717) is 45.0 Å². The molecule has 0 radical (unpaired) electrons. The molecule has 10 heteroatoms. The molecule has 3 N–H and O–H groups in total. The molecular formula is C22H19N7O3. The molecule has 4 aromatic rings. The summed E-state index contributed by atoms with van der Waals surface area (Å²) in [5, 5.41) is 13.2. The molecule has 1 aromatic carbocycles. The van der Waals surface area contributed by atoms with Gasteiger partial charge in [0.25, 0.3) is 5.56 Å². The first kappa shape index (κ1) is 20.6. The van der Waals surface area contributed by atoms with Gasteiger partial charge in [0.05, 0.1) is 31.4 Å². The van der Waals surface area contributed by atoms with Gasteiger partial charge in [0.1, 0.15) is 12.4 Å². The van der Waals surface area contributed by atoms with Gasteiger partial charge in [0, 0.05) is 35.9 Å². The Morgan fingerprint density at radius 2 is 1.88 bits per heavy atom. The first-order valence-corrected chi connectivity index (χ1v) is 9.52. The summed E-state index contributed by atoms with van der Waals surface area (Å²) in [5.74, 6) is 1.56. The highest BCUT2D eigenvalue weighted by Crippen LogP contribution is 2.33.